The lowest BCUT2D eigenvalue weighted by molar-refractivity contribution is -0.119. The molecule has 2 aromatic heterocycles. The molecule has 2 heterocycles. The second-order valence-electron chi connectivity index (χ2n) is 6.32. The standard InChI is InChI=1S/C19H18ClN3OS2/c1-11(12-5-2-3-7-14(12)20)23-16(24)9-25-18-17-13-6-4-8-15(13)26-19(17)22-10-21-18/h2-3,5,7,10-11H,4,6,8-9H2,1H3,(H,23,24)/t11-/m1/s1. The van der Waals surface area contributed by atoms with Gasteiger partial charge < -0.3 is 5.32 Å². The zero-order valence-electron chi connectivity index (χ0n) is 14.3. The maximum absolute atomic E-state index is 12.4. The van der Waals surface area contributed by atoms with Crippen LogP contribution in [0.5, 0.6) is 0 Å². The van der Waals surface area contributed by atoms with Crippen molar-refractivity contribution < 1.29 is 4.79 Å². The van der Waals surface area contributed by atoms with Crippen LogP contribution >= 0.6 is 34.7 Å². The van der Waals surface area contributed by atoms with Gasteiger partial charge in [0, 0.05) is 15.3 Å². The van der Waals surface area contributed by atoms with Crippen LogP contribution < -0.4 is 5.32 Å². The van der Waals surface area contributed by atoms with Crippen LogP contribution in [0.2, 0.25) is 5.02 Å². The zero-order chi connectivity index (χ0) is 18.1. The maximum atomic E-state index is 12.4. The molecule has 0 saturated carbocycles. The Hall–Kier alpha value is -1.63. The number of aryl methyl sites for hydroxylation is 2. The first-order valence-corrected chi connectivity index (χ1v) is 10.7. The molecule has 4 nitrogen and oxygen atoms in total. The van der Waals surface area contributed by atoms with E-state index in [0.29, 0.717) is 10.8 Å². The Labute approximate surface area is 165 Å². The van der Waals surface area contributed by atoms with Gasteiger partial charge in [-0.05, 0) is 43.4 Å². The van der Waals surface area contributed by atoms with Crippen LogP contribution in [0.4, 0.5) is 0 Å². The number of nitrogens with zero attached hydrogens (tertiary/aromatic N) is 2. The number of rotatable bonds is 5. The molecule has 0 spiro atoms. The highest BCUT2D eigenvalue weighted by Crippen LogP contribution is 2.40. The van der Waals surface area contributed by atoms with Crippen LogP contribution in [0.25, 0.3) is 10.2 Å². The lowest BCUT2D eigenvalue weighted by Gasteiger charge is -2.15. The summed E-state index contributed by atoms with van der Waals surface area (Å²) in [4.78, 5) is 23.7. The number of aromatic nitrogens is 2. The molecule has 0 fully saturated rings. The molecular weight excluding hydrogens is 386 g/mol. The molecule has 4 rings (SSSR count). The summed E-state index contributed by atoms with van der Waals surface area (Å²) in [6.07, 6.45) is 5.02. The summed E-state index contributed by atoms with van der Waals surface area (Å²) >= 11 is 9.46. The Morgan fingerprint density at radius 3 is 3.04 bits per heavy atom. The third-order valence-corrected chi connectivity index (χ3v) is 7.09. The summed E-state index contributed by atoms with van der Waals surface area (Å²) in [5, 5.41) is 5.75. The van der Waals surface area contributed by atoms with Crippen LogP contribution in [-0.2, 0) is 17.6 Å². The number of amides is 1. The summed E-state index contributed by atoms with van der Waals surface area (Å²) in [5.41, 5.74) is 2.31. The molecule has 1 aliphatic rings. The Bertz CT molecular complexity index is 973. The van der Waals surface area contributed by atoms with E-state index in [2.05, 4.69) is 15.3 Å². The summed E-state index contributed by atoms with van der Waals surface area (Å²) in [6.45, 7) is 1.94. The van der Waals surface area contributed by atoms with E-state index in [9.17, 15) is 4.79 Å². The molecule has 26 heavy (non-hydrogen) atoms. The minimum absolute atomic E-state index is 0.0268. The summed E-state index contributed by atoms with van der Waals surface area (Å²) in [5.74, 6) is 0.298. The van der Waals surface area contributed by atoms with E-state index < -0.39 is 0 Å². The average Bonchev–Trinajstić information content (AvgIpc) is 3.21. The number of carbonyl (C=O) groups is 1. The molecule has 134 valence electrons. The minimum Gasteiger partial charge on any atom is -0.349 e. The smallest absolute Gasteiger partial charge is 0.230 e. The van der Waals surface area contributed by atoms with Gasteiger partial charge in [0.1, 0.15) is 16.2 Å². The number of thiophene rings is 1. The van der Waals surface area contributed by atoms with Crippen molar-refractivity contribution >= 4 is 50.8 Å². The van der Waals surface area contributed by atoms with Crippen molar-refractivity contribution in [2.24, 2.45) is 0 Å². The molecule has 1 aliphatic carbocycles. The molecule has 1 atom stereocenters. The van der Waals surface area contributed by atoms with Gasteiger partial charge in [0.05, 0.1) is 11.8 Å². The fourth-order valence-corrected chi connectivity index (χ4v) is 5.76. The Morgan fingerprint density at radius 2 is 2.19 bits per heavy atom. The summed E-state index contributed by atoms with van der Waals surface area (Å²) < 4.78 is 0. The molecular formula is C19H18ClN3OS2. The third-order valence-electron chi connectivity index (χ3n) is 4.56. The number of nitrogens with one attached hydrogen (secondary N) is 1. The fourth-order valence-electron chi connectivity index (χ4n) is 3.33. The van der Waals surface area contributed by atoms with Crippen LogP contribution in [0.15, 0.2) is 35.6 Å². The van der Waals surface area contributed by atoms with Crippen molar-refractivity contribution in [2.45, 2.75) is 37.3 Å². The van der Waals surface area contributed by atoms with Gasteiger partial charge in [-0.3, -0.25) is 4.79 Å². The fraction of sp³-hybridized carbons (Fsp3) is 0.316. The number of fused-ring (bicyclic) bond motifs is 3. The Morgan fingerprint density at radius 1 is 1.35 bits per heavy atom. The van der Waals surface area contributed by atoms with E-state index in [4.69, 9.17) is 11.6 Å². The molecule has 1 N–H and O–H groups in total. The van der Waals surface area contributed by atoms with Crippen LogP contribution in [0.3, 0.4) is 0 Å². The Balaban J connectivity index is 1.45. The van der Waals surface area contributed by atoms with Gasteiger partial charge in [0.15, 0.2) is 0 Å². The lowest BCUT2D eigenvalue weighted by Crippen LogP contribution is -2.28. The number of thioether (sulfide) groups is 1. The second-order valence-corrected chi connectivity index (χ2v) is 8.77. The number of benzene rings is 1. The molecule has 0 aliphatic heterocycles. The maximum Gasteiger partial charge on any atom is 0.230 e. The van der Waals surface area contributed by atoms with Gasteiger partial charge in [0.2, 0.25) is 5.91 Å². The lowest BCUT2D eigenvalue weighted by atomic mass is 10.1. The van der Waals surface area contributed by atoms with E-state index >= 15 is 0 Å². The van der Waals surface area contributed by atoms with Gasteiger partial charge >= 0.3 is 0 Å². The molecule has 3 aromatic rings. The van der Waals surface area contributed by atoms with Gasteiger partial charge in [0.25, 0.3) is 0 Å². The van der Waals surface area contributed by atoms with E-state index in [1.165, 1.54) is 28.6 Å². The SMILES string of the molecule is C[C@@H](NC(=O)CSc1ncnc2sc3c(c12)CCC3)c1ccccc1Cl. The first-order valence-electron chi connectivity index (χ1n) is 8.55. The first-order chi connectivity index (χ1) is 12.6. The predicted molar refractivity (Wildman–Crippen MR) is 108 cm³/mol. The molecule has 7 heteroatoms. The highest BCUT2D eigenvalue weighted by molar-refractivity contribution is 8.00. The molecule has 1 amide bonds. The summed E-state index contributed by atoms with van der Waals surface area (Å²) in [7, 11) is 0. The molecule has 0 radical (unpaired) electrons. The van der Waals surface area contributed by atoms with Gasteiger partial charge in [-0.1, -0.05) is 41.6 Å². The van der Waals surface area contributed by atoms with Crippen molar-refractivity contribution in [2.75, 3.05) is 5.75 Å². The van der Waals surface area contributed by atoms with Gasteiger partial charge in [-0.15, -0.1) is 11.3 Å². The molecule has 0 saturated heterocycles. The van der Waals surface area contributed by atoms with Crippen molar-refractivity contribution in [3.63, 3.8) is 0 Å². The third kappa shape index (κ3) is 3.46. The van der Waals surface area contributed by atoms with E-state index in [0.717, 1.165) is 33.6 Å². The normalized spacial score (nSPS) is 14.4. The quantitative estimate of drug-likeness (QED) is 0.491. The molecule has 0 unspecified atom stereocenters. The zero-order valence-corrected chi connectivity index (χ0v) is 16.7. The van der Waals surface area contributed by atoms with E-state index in [-0.39, 0.29) is 11.9 Å². The monoisotopic (exact) mass is 403 g/mol. The largest absolute Gasteiger partial charge is 0.349 e. The van der Waals surface area contributed by atoms with Crippen molar-refractivity contribution in [1.29, 1.82) is 0 Å². The minimum atomic E-state index is -0.132. The molecule has 1 aromatic carbocycles. The van der Waals surface area contributed by atoms with Crippen molar-refractivity contribution in [3.05, 3.63) is 51.6 Å². The van der Waals surface area contributed by atoms with Gasteiger partial charge in [-0.25, -0.2) is 9.97 Å². The van der Waals surface area contributed by atoms with Gasteiger partial charge in [-0.2, -0.15) is 0 Å². The van der Waals surface area contributed by atoms with E-state index in [1.54, 1.807) is 17.7 Å². The van der Waals surface area contributed by atoms with Crippen molar-refractivity contribution in [3.8, 4) is 0 Å². The van der Waals surface area contributed by atoms with Crippen molar-refractivity contribution in [1.82, 2.24) is 15.3 Å². The number of halogens is 1. The summed E-state index contributed by atoms with van der Waals surface area (Å²) in [6, 6.07) is 7.45. The first kappa shape index (κ1) is 17.8. The molecule has 0 bridgehead atoms. The highest BCUT2D eigenvalue weighted by Gasteiger charge is 2.22. The number of hydrogen-bond acceptors (Lipinski definition) is 5. The van der Waals surface area contributed by atoms with Crippen LogP contribution in [0, 0.1) is 0 Å². The number of carbonyl (C=O) groups excluding carboxylic acids is 1. The second kappa shape index (κ2) is 7.55. The highest BCUT2D eigenvalue weighted by atomic mass is 35.5. The van der Waals surface area contributed by atoms with E-state index in [1.807, 2.05) is 31.2 Å². The topological polar surface area (TPSA) is 54.9 Å². The Kier molecular flexibility index (Phi) is 5.16. The predicted octanol–water partition coefficient (Wildman–Crippen LogP) is 4.80. The van der Waals surface area contributed by atoms with Crippen LogP contribution in [0.1, 0.15) is 35.4 Å². The average molecular weight is 404 g/mol. The van der Waals surface area contributed by atoms with Crippen LogP contribution in [-0.4, -0.2) is 21.6 Å². The number of hydrogen-bond donors (Lipinski definition) is 1.